The van der Waals surface area contributed by atoms with Crippen molar-refractivity contribution in [2.45, 2.75) is 64.1 Å². The van der Waals surface area contributed by atoms with Gasteiger partial charge >= 0.3 is 0 Å². The van der Waals surface area contributed by atoms with E-state index in [1.54, 1.807) is 37.1 Å². The van der Waals surface area contributed by atoms with Crippen molar-refractivity contribution in [1.29, 1.82) is 0 Å². The van der Waals surface area contributed by atoms with Crippen LogP contribution < -0.4 is 10.1 Å². The smallest absolute Gasteiger partial charge is 0.242 e. The van der Waals surface area contributed by atoms with Gasteiger partial charge in [-0.25, -0.2) is 0 Å². The van der Waals surface area contributed by atoms with E-state index in [9.17, 15) is 9.59 Å². The zero-order valence-electron chi connectivity index (χ0n) is 18.6. The molecule has 3 rings (SSSR count). The van der Waals surface area contributed by atoms with Gasteiger partial charge in [-0.3, -0.25) is 9.59 Å². The van der Waals surface area contributed by atoms with Crippen molar-refractivity contribution >= 4 is 35.0 Å². The molecule has 1 aliphatic rings. The van der Waals surface area contributed by atoms with E-state index in [0.29, 0.717) is 27.9 Å². The van der Waals surface area contributed by atoms with Crippen molar-refractivity contribution in [2.24, 2.45) is 0 Å². The molecule has 0 radical (unpaired) electrons. The monoisotopic (exact) mass is 476 g/mol. The third-order valence-corrected chi connectivity index (χ3v) is 6.55. The molecular weight excluding hydrogens is 447 g/mol. The third kappa shape index (κ3) is 6.63. The predicted molar refractivity (Wildman–Crippen MR) is 128 cm³/mol. The van der Waals surface area contributed by atoms with E-state index in [2.05, 4.69) is 5.32 Å². The molecule has 0 heterocycles. The summed E-state index contributed by atoms with van der Waals surface area (Å²) < 4.78 is 5.32. The molecule has 0 aliphatic heterocycles. The maximum Gasteiger partial charge on any atom is 0.242 e. The highest BCUT2D eigenvalue weighted by Gasteiger charge is 2.28. The van der Waals surface area contributed by atoms with Gasteiger partial charge in [-0.1, -0.05) is 60.7 Å². The van der Waals surface area contributed by atoms with Crippen LogP contribution in [0.1, 0.15) is 50.2 Å². The number of amides is 2. The van der Waals surface area contributed by atoms with Crippen molar-refractivity contribution in [2.75, 3.05) is 7.11 Å². The SMILES string of the molecule is COc1cccc(CN(C(=O)Cc2ccc(Cl)cc2Cl)[C@H](C)C(=O)NC2CCCCC2)c1. The minimum absolute atomic E-state index is 0.0843. The highest BCUT2D eigenvalue weighted by Crippen LogP contribution is 2.24. The van der Waals surface area contributed by atoms with Crippen molar-refractivity contribution < 1.29 is 14.3 Å². The molecule has 172 valence electrons. The van der Waals surface area contributed by atoms with E-state index in [1.807, 2.05) is 24.3 Å². The summed E-state index contributed by atoms with van der Waals surface area (Å²) in [4.78, 5) is 28.0. The standard InChI is InChI=1S/C25H30Cl2N2O3/c1-17(25(31)28-21-8-4-3-5-9-21)29(16-18-7-6-10-22(13-18)32-2)24(30)14-19-11-12-20(26)15-23(19)27/h6-7,10-13,15,17,21H,3-5,8-9,14,16H2,1-2H3,(H,28,31)/t17-/m1/s1. The molecule has 2 aromatic carbocycles. The Balaban J connectivity index is 1.80. The quantitative estimate of drug-likeness (QED) is 0.553. The molecule has 0 unspecified atom stereocenters. The second kappa shape index (κ2) is 11.6. The number of nitrogens with one attached hydrogen (secondary N) is 1. The normalized spacial score (nSPS) is 15.1. The number of ether oxygens (including phenoxy) is 1. The summed E-state index contributed by atoms with van der Waals surface area (Å²) in [5.74, 6) is 0.397. The first-order chi connectivity index (χ1) is 15.4. The molecule has 0 bridgehead atoms. The van der Waals surface area contributed by atoms with Crippen LogP contribution in [0.15, 0.2) is 42.5 Å². The largest absolute Gasteiger partial charge is 0.497 e. The van der Waals surface area contributed by atoms with Crippen LogP contribution in [-0.2, 0) is 22.6 Å². The minimum atomic E-state index is -0.623. The Morgan fingerprint density at radius 3 is 2.56 bits per heavy atom. The summed E-state index contributed by atoms with van der Waals surface area (Å²) in [6.45, 7) is 2.07. The number of hydrogen-bond acceptors (Lipinski definition) is 3. The predicted octanol–water partition coefficient (Wildman–Crippen LogP) is 5.41. The third-order valence-electron chi connectivity index (χ3n) is 5.96. The first kappa shape index (κ1) is 24.4. The van der Waals surface area contributed by atoms with Crippen LogP contribution in [0.25, 0.3) is 0 Å². The summed E-state index contributed by atoms with van der Waals surface area (Å²) in [7, 11) is 1.60. The molecule has 32 heavy (non-hydrogen) atoms. The highest BCUT2D eigenvalue weighted by molar-refractivity contribution is 6.35. The van der Waals surface area contributed by atoms with Gasteiger partial charge in [0.1, 0.15) is 11.8 Å². The topological polar surface area (TPSA) is 58.6 Å². The molecule has 1 N–H and O–H groups in total. The van der Waals surface area contributed by atoms with Gasteiger partial charge in [0.15, 0.2) is 0 Å². The maximum atomic E-state index is 13.4. The molecule has 1 aliphatic carbocycles. The van der Waals surface area contributed by atoms with Gasteiger partial charge in [-0.15, -0.1) is 0 Å². The molecule has 1 saturated carbocycles. The molecular formula is C25H30Cl2N2O3. The lowest BCUT2D eigenvalue weighted by molar-refractivity contribution is -0.140. The zero-order valence-corrected chi connectivity index (χ0v) is 20.1. The van der Waals surface area contributed by atoms with Crippen LogP contribution in [0, 0.1) is 0 Å². The molecule has 0 saturated heterocycles. The number of nitrogens with zero attached hydrogens (tertiary/aromatic N) is 1. The Hall–Kier alpha value is -2.24. The first-order valence-corrected chi connectivity index (χ1v) is 11.8. The van der Waals surface area contributed by atoms with E-state index < -0.39 is 6.04 Å². The lowest BCUT2D eigenvalue weighted by atomic mass is 9.95. The Labute approximate surface area is 200 Å². The number of hydrogen-bond donors (Lipinski definition) is 1. The van der Waals surface area contributed by atoms with Gasteiger partial charge in [0.2, 0.25) is 11.8 Å². The van der Waals surface area contributed by atoms with Crippen molar-refractivity contribution in [3.05, 3.63) is 63.6 Å². The summed E-state index contributed by atoms with van der Waals surface area (Å²) in [6, 6.07) is 12.2. The molecule has 2 amide bonds. The Kier molecular flexibility index (Phi) is 8.83. The van der Waals surface area contributed by atoms with E-state index in [1.165, 1.54) is 6.42 Å². The minimum Gasteiger partial charge on any atom is -0.497 e. The van der Waals surface area contributed by atoms with Gasteiger partial charge in [0.05, 0.1) is 13.5 Å². The van der Waals surface area contributed by atoms with Crippen LogP contribution >= 0.6 is 23.2 Å². The number of rotatable bonds is 8. The van der Waals surface area contributed by atoms with E-state index >= 15 is 0 Å². The van der Waals surface area contributed by atoms with Gasteiger partial charge in [-0.2, -0.15) is 0 Å². The van der Waals surface area contributed by atoms with Crippen LogP contribution in [0.3, 0.4) is 0 Å². The Morgan fingerprint density at radius 1 is 1.12 bits per heavy atom. The van der Waals surface area contributed by atoms with Gasteiger partial charge in [0, 0.05) is 22.6 Å². The van der Waals surface area contributed by atoms with E-state index in [0.717, 1.165) is 31.2 Å². The lowest BCUT2D eigenvalue weighted by Crippen LogP contribution is -2.50. The van der Waals surface area contributed by atoms with E-state index in [4.69, 9.17) is 27.9 Å². The number of benzene rings is 2. The average Bonchev–Trinajstić information content (AvgIpc) is 2.79. The number of carbonyl (C=O) groups is 2. The number of halogens is 2. The second-order valence-corrected chi connectivity index (χ2v) is 9.15. The fourth-order valence-electron chi connectivity index (χ4n) is 4.05. The molecule has 7 heteroatoms. The fraction of sp³-hybridized carbons (Fsp3) is 0.440. The molecule has 1 fully saturated rings. The molecule has 0 spiro atoms. The van der Waals surface area contributed by atoms with Crippen molar-refractivity contribution in [3.8, 4) is 5.75 Å². The highest BCUT2D eigenvalue weighted by atomic mass is 35.5. The molecule has 1 atom stereocenters. The second-order valence-electron chi connectivity index (χ2n) is 8.31. The average molecular weight is 477 g/mol. The van der Waals surface area contributed by atoms with Crippen LogP contribution in [0.5, 0.6) is 5.75 Å². The van der Waals surface area contributed by atoms with Crippen LogP contribution in [-0.4, -0.2) is 35.9 Å². The summed E-state index contributed by atoms with van der Waals surface area (Å²) in [5.41, 5.74) is 1.56. The molecule has 0 aromatic heterocycles. The summed E-state index contributed by atoms with van der Waals surface area (Å²) in [5, 5.41) is 4.09. The summed E-state index contributed by atoms with van der Waals surface area (Å²) in [6.07, 6.45) is 5.53. The zero-order chi connectivity index (χ0) is 23.1. The maximum absolute atomic E-state index is 13.4. The van der Waals surface area contributed by atoms with Gasteiger partial charge < -0.3 is 15.0 Å². The van der Waals surface area contributed by atoms with Crippen molar-refractivity contribution in [3.63, 3.8) is 0 Å². The van der Waals surface area contributed by atoms with Gasteiger partial charge in [-0.05, 0) is 55.2 Å². The summed E-state index contributed by atoms with van der Waals surface area (Å²) >= 11 is 12.3. The van der Waals surface area contributed by atoms with Crippen molar-refractivity contribution in [1.82, 2.24) is 10.2 Å². The number of methoxy groups -OCH3 is 1. The van der Waals surface area contributed by atoms with Gasteiger partial charge in [0.25, 0.3) is 0 Å². The van der Waals surface area contributed by atoms with E-state index in [-0.39, 0.29) is 24.3 Å². The Morgan fingerprint density at radius 2 is 1.88 bits per heavy atom. The Bertz CT molecular complexity index is 945. The van der Waals surface area contributed by atoms with Crippen LogP contribution in [0.2, 0.25) is 10.0 Å². The van der Waals surface area contributed by atoms with Crippen LogP contribution in [0.4, 0.5) is 0 Å². The first-order valence-electron chi connectivity index (χ1n) is 11.0. The molecule has 2 aromatic rings. The number of carbonyl (C=O) groups excluding carboxylic acids is 2. The lowest BCUT2D eigenvalue weighted by Gasteiger charge is -2.31. The molecule has 5 nitrogen and oxygen atoms in total. The fourth-order valence-corrected chi connectivity index (χ4v) is 4.52.